The van der Waals surface area contributed by atoms with E-state index in [1.165, 1.54) is 0 Å². The molecule has 172 valence electrons. The minimum absolute atomic E-state index is 0.274. The Hall–Kier alpha value is -4.18. The van der Waals surface area contributed by atoms with Crippen LogP contribution in [0.5, 0.6) is 11.5 Å². The van der Waals surface area contributed by atoms with Crippen molar-refractivity contribution < 1.29 is 9.47 Å². The van der Waals surface area contributed by atoms with Crippen molar-refractivity contribution in [2.24, 2.45) is 5.10 Å². The lowest BCUT2D eigenvalue weighted by Gasteiger charge is -2.11. The Balaban J connectivity index is 1.56. The number of hydrazone groups is 1. The Morgan fingerprint density at radius 2 is 1.15 bits per heavy atom. The number of methoxy groups -OCH3 is 2. The summed E-state index contributed by atoms with van der Waals surface area (Å²) in [5, 5.41) is 10.6. The van der Waals surface area contributed by atoms with Gasteiger partial charge in [-0.1, -0.05) is 28.1 Å². The second-order valence-electron chi connectivity index (χ2n) is 6.93. The van der Waals surface area contributed by atoms with E-state index in [1.807, 2.05) is 72.8 Å². The second-order valence-corrected chi connectivity index (χ2v) is 7.85. The summed E-state index contributed by atoms with van der Waals surface area (Å²) in [6, 6.07) is 22.7. The van der Waals surface area contributed by atoms with Crippen molar-refractivity contribution in [3.63, 3.8) is 0 Å². The quantitative estimate of drug-likeness (QED) is 0.194. The van der Waals surface area contributed by atoms with Crippen LogP contribution in [0.25, 0.3) is 0 Å². The summed E-state index contributed by atoms with van der Waals surface area (Å²) in [5.41, 5.74) is 5.40. The minimum Gasteiger partial charge on any atom is -0.497 e. The van der Waals surface area contributed by atoms with Crippen LogP contribution < -0.4 is 25.5 Å². The van der Waals surface area contributed by atoms with Gasteiger partial charge in [-0.05, 0) is 66.2 Å². The molecule has 10 heteroatoms. The molecule has 0 atom stereocenters. The second kappa shape index (κ2) is 11.1. The Kier molecular flexibility index (Phi) is 7.51. The van der Waals surface area contributed by atoms with Gasteiger partial charge in [-0.15, -0.1) is 0 Å². The molecule has 0 saturated carbocycles. The molecule has 1 heterocycles. The van der Waals surface area contributed by atoms with Crippen molar-refractivity contribution in [1.82, 2.24) is 15.0 Å². The number of halogens is 1. The molecule has 0 bridgehead atoms. The molecule has 0 radical (unpaired) electrons. The number of hydrogen-bond acceptors (Lipinski definition) is 9. The average Bonchev–Trinajstić information content (AvgIpc) is 2.86. The smallest absolute Gasteiger partial charge is 0.250 e. The summed E-state index contributed by atoms with van der Waals surface area (Å²) in [6.45, 7) is 0. The average molecular weight is 520 g/mol. The third-order valence-corrected chi connectivity index (χ3v) is 5.10. The van der Waals surface area contributed by atoms with Crippen LogP contribution in [0.1, 0.15) is 5.56 Å². The SMILES string of the molecule is COc1ccc(Nc2nc(N/N=C/c3ccc(Br)cc3)nc(Nc3ccc(OC)cc3)n2)cc1. The van der Waals surface area contributed by atoms with Gasteiger partial charge >= 0.3 is 0 Å². The van der Waals surface area contributed by atoms with Gasteiger partial charge in [-0.3, -0.25) is 0 Å². The molecule has 0 amide bonds. The van der Waals surface area contributed by atoms with E-state index in [1.54, 1.807) is 20.4 Å². The van der Waals surface area contributed by atoms with Gasteiger partial charge < -0.3 is 20.1 Å². The van der Waals surface area contributed by atoms with Gasteiger partial charge in [-0.2, -0.15) is 20.1 Å². The Labute approximate surface area is 205 Å². The zero-order chi connectivity index (χ0) is 23.8. The maximum absolute atomic E-state index is 5.21. The minimum atomic E-state index is 0.274. The highest BCUT2D eigenvalue weighted by Gasteiger charge is 2.08. The Morgan fingerprint density at radius 3 is 1.62 bits per heavy atom. The zero-order valence-corrected chi connectivity index (χ0v) is 20.1. The molecule has 4 rings (SSSR count). The number of ether oxygens (including phenoxy) is 2. The van der Waals surface area contributed by atoms with Crippen LogP contribution in [0.4, 0.5) is 29.2 Å². The molecule has 4 aromatic rings. The number of nitrogens with one attached hydrogen (secondary N) is 3. The molecule has 0 aliphatic rings. The van der Waals surface area contributed by atoms with E-state index in [2.05, 4.69) is 52.0 Å². The highest BCUT2D eigenvalue weighted by Crippen LogP contribution is 2.22. The van der Waals surface area contributed by atoms with E-state index in [-0.39, 0.29) is 5.95 Å². The predicted molar refractivity (Wildman–Crippen MR) is 138 cm³/mol. The van der Waals surface area contributed by atoms with Gasteiger partial charge in [0.15, 0.2) is 0 Å². The number of benzene rings is 3. The fourth-order valence-corrected chi connectivity index (χ4v) is 3.12. The van der Waals surface area contributed by atoms with E-state index >= 15 is 0 Å². The number of anilines is 5. The van der Waals surface area contributed by atoms with Crippen LogP contribution in [0.2, 0.25) is 0 Å². The molecule has 0 unspecified atom stereocenters. The highest BCUT2D eigenvalue weighted by atomic mass is 79.9. The van der Waals surface area contributed by atoms with Crippen molar-refractivity contribution in [2.75, 3.05) is 30.3 Å². The lowest BCUT2D eigenvalue weighted by molar-refractivity contribution is 0.415. The maximum Gasteiger partial charge on any atom is 0.250 e. The number of aromatic nitrogens is 3. The van der Waals surface area contributed by atoms with Crippen LogP contribution in [-0.2, 0) is 0 Å². The molecular formula is C24H22BrN7O2. The van der Waals surface area contributed by atoms with Gasteiger partial charge in [0.25, 0.3) is 0 Å². The molecule has 0 aliphatic heterocycles. The predicted octanol–water partition coefficient (Wildman–Crippen LogP) is 5.58. The maximum atomic E-state index is 5.21. The molecule has 9 nitrogen and oxygen atoms in total. The van der Waals surface area contributed by atoms with Crippen LogP contribution >= 0.6 is 15.9 Å². The van der Waals surface area contributed by atoms with E-state index in [9.17, 15) is 0 Å². The van der Waals surface area contributed by atoms with E-state index < -0.39 is 0 Å². The summed E-state index contributed by atoms with van der Waals surface area (Å²) in [7, 11) is 3.25. The summed E-state index contributed by atoms with van der Waals surface area (Å²) in [4.78, 5) is 13.3. The first-order valence-electron chi connectivity index (χ1n) is 10.2. The third-order valence-electron chi connectivity index (χ3n) is 4.58. The first-order valence-corrected chi connectivity index (χ1v) is 11.0. The highest BCUT2D eigenvalue weighted by molar-refractivity contribution is 9.10. The number of nitrogens with zero attached hydrogens (tertiary/aromatic N) is 4. The van der Waals surface area contributed by atoms with Crippen molar-refractivity contribution in [3.8, 4) is 11.5 Å². The monoisotopic (exact) mass is 519 g/mol. The molecule has 1 aromatic heterocycles. The zero-order valence-electron chi connectivity index (χ0n) is 18.5. The van der Waals surface area contributed by atoms with Crippen LogP contribution in [0.15, 0.2) is 82.4 Å². The van der Waals surface area contributed by atoms with Crippen molar-refractivity contribution in [2.45, 2.75) is 0 Å². The molecule has 3 aromatic carbocycles. The van der Waals surface area contributed by atoms with Gasteiger partial charge in [0.1, 0.15) is 11.5 Å². The number of rotatable bonds is 9. The standard InChI is InChI=1S/C24H22BrN7O2/c1-33-20-11-7-18(8-12-20)27-22-29-23(28-19-9-13-21(34-2)14-10-19)31-24(30-22)32-26-15-16-3-5-17(25)6-4-16/h3-15H,1-2H3,(H3,27,28,29,30,31,32)/b26-15+. The fraction of sp³-hybridized carbons (Fsp3) is 0.0833. The van der Waals surface area contributed by atoms with Crippen molar-refractivity contribution in [3.05, 3.63) is 82.8 Å². The molecule has 0 aliphatic carbocycles. The third kappa shape index (κ3) is 6.42. The van der Waals surface area contributed by atoms with E-state index in [4.69, 9.17) is 9.47 Å². The molecular weight excluding hydrogens is 498 g/mol. The van der Waals surface area contributed by atoms with Gasteiger partial charge in [0.05, 0.1) is 20.4 Å². The lowest BCUT2D eigenvalue weighted by atomic mass is 10.2. The molecule has 0 spiro atoms. The van der Waals surface area contributed by atoms with Gasteiger partial charge in [-0.25, -0.2) is 5.43 Å². The summed E-state index contributed by atoms with van der Waals surface area (Å²) in [6.07, 6.45) is 1.68. The normalized spacial score (nSPS) is 10.7. The fourth-order valence-electron chi connectivity index (χ4n) is 2.86. The number of hydrogen-bond donors (Lipinski definition) is 3. The summed E-state index contributed by atoms with van der Waals surface area (Å²) < 4.78 is 11.4. The van der Waals surface area contributed by atoms with E-state index in [0.717, 1.165) is 32.9 Å². The molecule has 0 saturated heterocycles. The van der Waals surface area contributed by atoms with Crippen molar-refractivity contribution in [1.29, 1.82) is 0 Å². The topological polar surface area (TPSA) is 106 Å². The van der Waals surface area contributed by atoms with E-state index in [0.29, 0.717) is 11.9 Å². The first-order chi connectivity index (χ1) is 16.6. The van der Waals surface area contributed by atoms with Gasteiger partial charge in [0.2, 0.25) is 17.8 Å². The van der Waals surface area contributed by atoms with Crippen LogP contribution in [0.3, 0.4) is 0 Å². The Morgan fingerprint density at radius 1 is 0.676 bits per heavy atom. The molecule has 34 heavy (non-hydrogen) atoms. The molecule has 0 fully saturated rings. The summed E-state index contributed by atoms with van der Waals surface area (Å²) >= 11 is 3.42. The van der Waals surface area contributed by atoms with Crippen LogP contribution in [0, 0.1) is 0 Å². The van der Waals surface area contributed by atoms with Gasteiger partial charge in [0, 0.05) is 15.8 Å². The molecule has 3 N–H and O–H groups in total. The van der Waals surface area contributed by atoms with Crippen LogP contribution in [-0.4, -0.2) is 35.4 Å². The Bertz CT molecular complexity index is 1180. The summed E-state index contributed by atoms with van der Waals surface area (Å²) in [5.74, 6) is 2.48. The first kappa shape index (κ1) is 23.0. The van der Waals surface area contributed by atoms with Crippen molar-refractivity contribution >= 4 is 51.4 Å². The lowest BCUT2D eigenvalue weighted by Crippen LogP contribution is -2.07. The largest absolute Gasteiger partial charge is 0.497 e.